The lowest BCUT2D eigenvalue weighted by molar-refractivity contribution is -0.125. The molecule has 220 valence electrons. The number of piperidine rings is 1. The van der Waals surface area contributed by atoms with Crippen molar-refractivity contribution < 1.29 is 22.3 Å². The van der Waals surface area contributed by atoms with Gasteiger partial charge in [0.25, 0.3) is 10.0 Å². The number of ether oxygens (including phenoxy) is 1. The lowest BCUT2D eigenvalue weighted by Crippen LogP contribution is -2.41. The topological polar surface area (TPSA) is 117 Å². The van der Waals surface area contributed by atoms with E-state index in [2.05, 4.69) is 24.6 Å². The predicted octanol–water partition coefficient (Wildman–Crippen LogP) is 5.47. The SMILES string of the molecule is O=C(NS(=O)(=O)c1ccc(Cl)cc1)C1CCC(OC2CCN(c3ccc(-c4nc5cc(F)ccc5[nH]4)cn3)CC2)CC1. The molecule has 2 N–H and O–H groups in total. The van der Waals surface area contributed by atoms with Crippen LogP contribution < -0.4 is 9.62 Å². The van der Waals surface area contributed by atoms with Crippen molar-refractivity contribution in [2.75, 3.05) is 18.0 Å². The number of nitrogens with zero attached hydrogens (tertiary/aromatic N) is 3. The number of carbonyl (C=O) groups is 1. The number of nitrogens with one attached hydrogen (secondary N) is 2. The van der Waals surface area contributed by atoms with E-state index in [0.717, 1.165) is 55.7 Å². The summed E-state index contributed by atoms with van der Waals surface area (Å²) >= 11 is 5.84. The van der Waals surface area contributed by atoms with E-state index in [1.54, 1.807) is 12.3 Å². The summed E-state index contributed by atoms with van der Waals surface area (Å²) in [5.41, 5.74) is 2.19. The van der Waals surface area contributed by atoms with Crippen molar-refractivity contribution in [3.05, 3.63) is 71.6 Å². The molecule has 2 fully saturated rings. The van der Waals surface area contributed by atoms with Crippen LogP contribution >= 0.6 is 11.6 Å². The Morgan fingerprint density at radius 2 is 1.69 bits per heavy atom. The Morgan fingerprint density at radius 3 is 2.38 bits per heavy atom. The van der Waals surface area contributed by atoms with Crippen LogP contribution in [0.3, 0.4) is 0 Å². The monoisotopic (exact) mass is 611 g/mol. The van der Waals surface area contributed by atoms with E-state index in [4.69, 9.17) is 16.3 Å². The van der Waals surface area contributed by atoms with Gasteiger partial charge in [-0.15, -0.1) is 0 Å². The molecule has 12 heteroatoms. The molecule has 0 radical (unpaired) electrons. The zero-order chi connectivity index (χ0) is 29.3. The number of hydrogen-bond acceptors (Lipinski definition) is 7. The zero-order valence-corrected chi connectivity index (χ0v) is 24.4. The van der Waals surface area contributed by atoms with Crippen molar-refractivity contribution >= 4 is 44.4 Å². The van der Waals surface area contributed by atoms with Crippen LogP contribution in [0.25, 0.3) is 22.4 Å². The summed E-state index contributed by atoms with van der Waals surface area (Å²) in [4.78, 5) is 27.3. The highest BCUT2D eigenvalue weighted by molar-refractivity contribution is 7.90. The normalized spacial score (nSPS) is 20.1. The molecule has 2 aromatic heterocycles. The number of halogens is 2. The molecular formula is C30H31ClFN5O4S. The van der Waals surface area contributed by atoms with Gasteiger partial charge in [0, 0.05) is 41.9 Å². The minimum atomic E-state index is -3.93. The molecule has 1 saturated carbocycles. The summed E-state index contributed by atoms with van der Waals surface area (Å²) in [6, 6.07) is 14.2. The molecule has 1 amide bonds. The number of hydrogen-bond donors (Lipinski definition) is 2. The third kappa shape index (κ3) is 6.43. The number of rotatable bonds is 7. The smallest absolute Gasteiger partial charge is 0.264 e. The van der Waals surface area contributed by atoms with Gasteiger partial charge in [0.15, 0.2) is 0 Å². The first kappa shape index (κ1) is 28.6. The van der Waals surface area contributed by atoms with Crippen LogP contribution in [0.1, 0.15) is 38.5 Å². The Bertz CT molecular complexity index is 1660. The van der Waals surface area contributed by atoms with Gasteiger partial charge in [-0.3, -0.25) is 4.79 Å². The Kier molecular flexibility index (Phi) is 8.15. The second-order valence-electron chi connectivity index (χ2n) is 10.9. The van der Waals surface area contributed by atoms with E-state index in [9.17, 15) is 17.6 Å². The van der Waals surface area contributed by atoms with Gasteiger partial charge in [-0.1, -0.05) is 11.6 Å². The molecule has 0 spiro atoms. The Morgan fingerprint density at radius 1 is 0.976 bits per heavy atom. The number of pyridine rings is 1. The van der Waals surface area contributed by atoms with Crippen molar-refractivity contribution in [2.45, 2.75) is 55.6 Å². The molecule has 0 atom stereocenters. The maximum atomic E-state index is 13.5. The predicted molar refractivity (Wildman–Crippen MR) is 158 cm³/mol. The van der Waals surface area contributed by atoms with E-state index >= 15 is 0 Å². The molecule has 0 unspecified atom stereocenters. The number of sulfonamides is 1. The van der Waals surface area contributed by atoms with Gasteiger partial charge < -0.3 is 14.6 Å². The number of fused-ring (bicyclic) bond motifs is 1. The third-order valence-electron chi connectivity index (χ3n) is 8.02. The third-order valence-corrected chi connectivity index (χ3v) is 9.64. The number of benzene rings is 2. The molecule has 1 saturated heterocycles. The summed E-state index contributed by atoms with van der Waals surface area (Å²) in [5.74, 6) is 0.393. The average molecular weight is 612 g/mol. The quantitative estimate of drug-likeness (QED) is 0.285. The van der Waals surface area contributed by atoms with Crippen molar-refractivity contribution in [1.29, 1.82) is 0 Å². The number of carbonyl (C=O) groups excluding carboxylic acids is 1. The Hall–Kier alpha value is -3.54. The molecule has 6 rings (SSSR count). The van der Waals surface area contributed by atoms with Crippen LogP contribution in [0.2, 0.25) is 5.02 Å². The maximum absolute atomic E-state index is 13.5. The van der Waals surface area contributed by atoms with Crippen LogP contribution in [0.4, 0.5) is 10.2 Å². The lowest BCUT2D eigenvalue weighted by atomic mass is 9.87. The van der Waals surface area contributed by atoms with Crippen LogP contribution in [-0.2, 0) is 19.6 Å². The molecule has 1 aliphatic heterocycles. The molecule has 2 aromatic carbocycles. The van der Waals surface area contributed by atoms with Gasteiger partial charge in [-0.25, -0.2) is 27.5 Å². The zero-order valence-electron chi connectivity index (χ0n) is 22.8. The highest BCUT2D eigenvalue weighted by Crippen LogP contribution is 2.30. The van der Waals surface area contributed by atoms with Crippen molar-refractivity contribution in [3.8, 4) is 11.4 Å². The van der Waals surface area contributed by atoms with Gasteiger partial charge in [0.05, 0.1) is 28.1 Å². The van der Waals surface area contributed by atoms with Gasteiger partial charge in [-0.2, -0.15) is 0 Å². The van der Waals surface area contributed by atoms with Crippen molar-refractivity contribution in [1.82, 2.24) is 19.7 Å². The van der Waals surface area contributed by atoms with E-state index in [1.807, 2.05) is 12.1 Å². The van der Waals surface area contributed by atoms with Crippen LogP contribution in [-0.4, -0.2) is 54.6 Å². The number of anilines is 1. The number of aromatic nitrogens is 3. The number of imidazole rings is 1. The molecule has 1 aliphatic carbocycles. The number of H-pyrrole nitrogens is 1. The summed E-state index contributed by atoms with van der Waals surface area (Å²) in [5, 5.41) is 0.426. The molecule has 2 aliphatic rings. The fourth-order valence-electron chi connectivity index (χ4n) is 5.67. The van der Waals surface area contributed by atoms with Crippen LogP contribution in [0.5, 0.6) is 0 Å². The first-order chi connectivity index (χ1) is 20.2. The minimum Gasteiger partial charge on any atom is -0.375 e. The fourth-order valence-corrected chi connectivity index (χ4v) is 6.84. The molecule has 9 nitrogen and oxygen atoms in total. The molecule has 0 bridgehead atoms. The molecule has 3 heterocycles. The van der Waals surface area contributed by atoms with E-state index in [1.165, 1.54) is 36.4 Å². The first-order valence-electron chi connectivity index (χ1n) is 14.1. The summed E-state index contributed by atoms with van der Waals surface area (Å²) < 4.78 is 47.2. The second kappa shape index (κ2) is 12.0. The molecular weight excluding hydrogens is 581 g/mol. The number of amides is 1. The van der Waals surface area contributed by atoms with Crippen molar-refractivity contribution in [2.24, 2.45) is 5.92 Å². The molecule has 4 aromatic rings. The summed E-state index contributed by atoms with van der Waals surface area (Å²) in [6.45, 7) is 1.64. The number of aromatic amines is 1. The average Bonchev–Trinajstić information content (AvgIpc) is 3.41. The van der Waals surface area contributed by atoms with Crippen LogP contribution in [0, 0.1) is 11.7 Å². The van der Waals surface area contributed by atoms with E-state index < -0.39 is 15.9 Å². The standard InChI is InChI=1S/C30H31ClFN5O4S/c31-21-4-9-25(10-5-21)42(39,40)36-30(38)19-1-7-23(8-2-19)41-24-13-15-37(16-14-24)28-12-3-20(18-33-28)29-34-26-11-6-22(32)17-27(26)35-29/h3-6,9-12,17-19,23-24H,1-2,7-8,13-16H2,(H,34,35)(H,36,38). The largest absolute Gasteiger partial charge is 0.375 e. The summed E-state index contributed by atoms with van der Waals surface area (Å²) in [6.07, 6.45) is 6.33. The molecule has 42 heavy (non-hydrogen) atoms. The van der Waals surface area contributed by atoms with E-state index in [-0.39, 0.29) is 28.8 Å². The summed E-state index contributed by atoms with van der Waals surface area (Å²) in [7, 11) is -3.93. The van der Waals surface area contributed by atoms with Gasteiger partial charge >= 0.3 is 0 Å². The van der Waals surface area contributed by atoms with Gasteiger partial charge in [-0.05, 0) is 87.1 Å². The Balaban J connectivity index is 0.956. The second-order valence-corrected chi connectivity index (χ2v) is 13.0. The lowest BCUT2D eigenvalue weighted by Gasteiger charge is -2.36. The maximum Gasteiger partial charge on any atom is 0.264 e. The van der Waals surface area contributed by atoms with Gasteiger partial charge in [0.1, 0.15) is 17.5 Å². The van der Waals surface area contributed by atoms with Crippen molar-refractivity contribution in [3.63, 3.8) is 0 Å². The van der Waals surface area contributed by atoms with Gasteiger partial charge in [0.2, 0.25) is 5.91 Å². The van der Waals surface area contributed by atoms with Crippen LogP contribution in [0.15, 0.2) is 65.7 Å². The first-order valence-corrected chi connectivity index (χ1v) is 15.9. The Labute approximate surface area is 248 Å². The van der Waals surface area contributed by atoms with E-state index in [0.29, 0.717) is 29.2 Å². The minimum absolute atomic E-state index is 0.0128. The fraction of sp³-hybridized carbons (Fsp3) is 0.367. The highest BCUT2D eigenvalue weighted by Gasteiger charge is 2.31. The highest BCUT2D eigenvalue weighted by atomic mass is 35.5.